The van der Waals surface area contributed by atoms with E-state index in [4.69, 9.17) is 10.6 Å². The molecule has 7 nitrogen and oxygen atoms in total. The maximum Gasteiger partial charge on any atom is 0.265 e. The van der Waals surface area contributed by atoms with Gasteiger partial charge in [0.05, 0.1) is 4.88 Å². The number of benzene rings is 1. The fraction of sp³-hybridized carbons (Fsp3) is 0.133. The van der Waals surface area contributed by atoms with Gasteiger partial charge < -0.3 is 21.2 Å². The van der Waals surface area contributed by atoms with E-state index in [0.29, 0.717) is 11.4 Å². The summed E-state index contributed by atoms with van der Waals surface area (Å²) in [5.74, 6) is -0.344. The number of oxime groups is 1. The van der Waals surface area contributed by atoms with Crippen molar-refractivity contribution >= 4 is 40.4 Å². The van der Waals surface area contributed by atoms with Gasteiger partial charge in [-0.25, -0.2) is 0 Å². The summed E-state index contributed by atoms with van der Waals surface area (Å²) < 4.78 is 0. The Morgan fingerprint density at radius 2 is 1.96 bits per heavy atom. The van der Waals surface area contributed by atoms with E-state index >= 15 is 0 Å². The van der Waals surface area contributed by atoms with Gasteiger partial charge in [0, 0.05) is 18.3 Å². The summed E-state index contributed by atoms with van der Waals surface area (Å²) >= 11 is 1.43. The number of amidine groups is 1. The number of rotatable bonds is 6. The third-order valence-electron chi connectivity index (χ3n) is 2.60. The summed E-state index contributed by atoms with van der Waals surface area (Å²) in [6, 6.07) is 10.4. The number of nitrogens with one attached hydrogen (secondary N) is 2. The number of amides is 2. The van der Waals surface area contributed by atoms with Crippen LogP contribution in [0.3, 0.4) is 0 Å². The molecule has 2 rings (SSSR count). The van der Waals surface area contributed by atoms with E-state index in [0.717, 1.165) is 4.88 Å². The number of nitrogens with zero attached hydrogens (tertiary/aromatic N) is 1. The largest absolute Gasteiger partial charge is 0.384 e. The fourth-order valence-corrected chi connectivity index (χ4v) is 2.32. The first kappa shape index (κ1) is 16.5. The molecule has 0 radical (unpaired) electrons. The smallest absolute Gasteiger partial charge is 0.265 e. The van der Waals surface area contributed by atoms with Gasteiger partial charge in [-0.15, -0.1) is 11.3 Å². The van der Waals surface area contributed by atoms with Crippen molar-refractivity contribution in [2.24, 2.45) is 10.9 Å². The van der Waals surface area contributed by atoms with E-state index in [2.05, 4.69) is 15.8 Å². The Hall–Kier alpha value is -2.87. The minimum atomic E-state index is -0.382. The van der Waals surface area contributed by atoms with Crippen LogP contribution in [0, 0.1) is 0 Å². The monoisotopic (exact) mass is 332 g/mol. The SMILES string of the molecule is CC(=O)Nc1cccc(NC(=O)CON=C(N)c2cccs2)c1. The summed E-state index contributed by atoms with van der Waals surface area (Å²) in [4.78, 5) is 28.5. The molecule has 4 N–H and O–H groups in total. The number of hydrogen-bond acceptors (Lipinski definition) is 5. The second kappa shape index (κ2) is 7.95. The zero-order valence-electron chi connectivity index (χ0n) is 12.4. The molecule has 2 aromatic rings. The molecule has 120 valence electrons. The first-order valence-corrected chi connectivity index (χ1v) is 7.59. The number of nitrogens with two attached hydrogens (primary N) is 1. The molecule has 0 aliphatic heterocycles. The van der Waals surface area contributed by atoms with Crippen LogP contribution >= 0.6 is 11.3 Å². The van der Waals surface area contributed by atoms with Crippen molar-refractivity contribution < 1.29 is 14.4 Å². The van der Waals surface area contributed by atoms with Crippen LogP contribution in [-0.4, -0.2) is 24.3 Å². The Labute approximate surface area is 137 Å². The maximum atomic E-state index is 11.8. The molecule has 0 saturated carbocycles. The van der Waals surface area contributed by atoms with Crippen molar-refractivity contribution in [1.29, 1.82) is 0 Å². The van der Waals surface area contributed by atoms with Crippen molar-refractivity contribution in [2.75, 3.05) is 17.2 Å². The lowest BCUT2D eigenvalue weighted by molar-refractivity contribution is -0.120. The van der Waals surface area contributed by atoms with Crippen LogP contribution in [0.5, 0.6) is 0 Å². The molecule has 0 spiro atoms. The van der Waals surface area contributed by atoms with Crippen LogP contribution in [0.4, 0.5) is 11.4 Å². The highest BCUT2D eigenvalue weighted by Crippen LogP contribution is 2.15. The number of carbonyl (C=O) groups excluding carboxylic acids is 2. The van der Waals surface area contributed by atoms with E-state index in [9.17, 15) is 9.59 Å². The lowest BCUT2D eigenvalue weighted by Gasteiger charge is -2.07. The molecule has 0 aliphatic rings. The minimum Gasteiger partial charge on any atom is -0.384 e. The number of carbonyl (C=O) groups is 2. The molecule has 23 heavy (non-hydrogen) atoms. The van der Waals surface area contributed by atoms with Crippen LogP contribution in [0.15, 0.2) is 46.9 Å². The van der Waals surface area contributed by atoms with Crippen LogP contribution in [0.2, 0.25) is 0 Å². The van der Waals surface area contributed by atoms with Gasteiger partial charge in [-0.05, 0) is 29.6 Å². The maximum absolute atomic E-state index is 11.8. The van der Waals surface area contributed by atoms with Crippen LogP contribution in [0.1, 0.15) is 11.8 Å². The van der Waals surface area contributed by atoms with Crippen molar-refractivity contribution in [3.8, 4) is 0 Å². The third kappa shape index (κ3) is 5.44. The Morgan fingerprint density at radius 1 is 1.22 bits per heavy atom. The van der Waals surface area contributed by atoms with Gasteiger partial charge in [-0.1, -0.05) is 17.3 Å². The normalized spacial score (nSPS) is 10.9. The Kier molecular flexibility index (Phi) is 5.70. The molecule has 0 fully saturated rings. The first-order chi connectivity index (χ1) is 11.0. The first-order valence-electron chi connectivity index (χ1n) is 6.71. The molecule has 0 atom stereocenters. The summed E-state index contributed by atoms with van der Waals surface area (Å²) in [5.41, 5.74) is 6.84. The number of anilines is 2. The number of hydrogen-bond donors (Lipinski definition) is 3. The molecule has 0 unspecified atom stereocenters. The lowest BCUT2D eigenvalue weighted by atomic mass is 10.2. The molecule has 8 heteroatoms. The minimum absolute atomic E-state index is 0.185. The molecule has 0 bridgehead atoms. The van der Waals surface area contributed by atoms with E-state index in [1.807, 2.05) is 11.4 Å². The molecule has 0 aliphatic carbocycles. The Balaban J connectivity index is 1.85. The lowest BCUT2D eigenvalue weighted by Crippen LogP contribution is -2.19. The fourth-order valence-electron chi connectivity index (χ4n) is 1.70. The number of thiophene rings is 1. The third-order valence-corrected chi connectivity index (χ3v) is 3.49. The van der Waals surface area contributed by atoms with Crippen LogP contribution < -0.4 is 16.4 Å². The topological polar surface area (TPSA) is 106 Å². The molecular formula is C15H16N4O3S. The van der Waals surface area contributed by atoms with Gasteiger partial charge in [0.15, 0.2) is 12.4 Å². The van der Waals surface area contributed by atoms with Crippen LogP contribution in [0.25, 0.3) is 0 Å². The van der Waals surface area contributed by atoms with Gasteiger partial charge in [0.1, 0.15) is 0 Å². The quantitative estimate of drug-likeness (QED) is 0.427. The molecule has 1 heterocycles. The summed E-state index contributed by atoms with van der Waals surface area (Å²) in [5, 5.41) is 10.8. The van der Waals surface area contributed by atoms with Gasteiger partial charge >= 0.3 is 0 Å². The predicted octanol–water partition coefficient (Wildman–Crippen LogP) is 1.98. The van der Waals surface area contributed by atoms with E-state index in [1.54, 1.807) is 30.3 Å². The van der Waals surface area contributed by atoms with Gasteiger partial charge in [0.25, 0.3) is 5.91 Å². The summed E-state index contributed by atoms with van der Waals surface area (Å²) in [6.45, 7) is 1.14. The average Bonchev–Trinajstić information content (AvgIpc) is 3.01. The van der Waals surface area contributed by atoms with E-state index < -0.39 is 0 Å². The van der Waals surface area contributed by atoms with Crippen molar-refractivity contribution in [3.63, 3.8) is 0 Å². The summed E-state index contributed by atoms with van der Waals surface area (Å²) in [7, 11) is 0. The predicted molar refractivity (Wildman–Crippen MR) is 90.4 cm³/mol. The highest BCUT2D eigenvalue weighted by Gasteiger charge is 2.05. The van der Waals surface area contributed by atoms with Crippen molar-refractivity contribution in [1.82, 2.24) is 0 Å². The zero-order valence-corrected chi connectivity index (χ0v) is 13.2. The summed E-state index contributed by atoms with van der Waals surface area (Å²) in [6.07, 6.45) is 0. The van der Waals surface area contributed by atoms with Crippen molar-refractivity contribution in [3.05, 3.63) is 46.7 Å². The van der Waals surface area contributed by atoms with E-state index in [-0.39, 0.29) is 24.3 Å². The molecule has 1 aromatic carbocycles. The van der Waals surface area contributed by atoms with Crippen LogP contribution in [-0.2, 0) is 14.4 Å². The Bertz CT molecular complexity index is 713. The highest BCUT2D eigenvalue weighted by atomic mass is 32.1. The molecule has 2 amide bonds. The second-order valence-corrected chi connectivity index (χ2v) is 5.49. The molecular weight excluding hydrogens is 316 g/mol. The molecule has 1 aromatic heterocycles. The second-order valence-electron chi connectivity index (χ2n) is 4.54. The van der Waals surface area contributed by atoms with Gasteiger partial charge in [-0.3, -0.25) is 9.59 Å². The van der Waals surface area contributed by atoms with E-state index in [1.165, 1.54) is 18.3 Å². The Morgan fingerprint density at radius 3 is 2.61 bits per heavy atom. The van der Waals surface area contributed by atoms with Gasteiger partial charge in [-0.2, -0.15) is 0 Å². The molecule has 0 saturated heterocycles. The average molecular weight is 332 g/mol. The van der Waals surface area contributed by atoms with Crippen molar-refractivity contribution in [2.45, 2.75) is 6.92 Å². The standard InChI is InChI=1S/C15H16N4O3S/c1-10(20)17-11-4-2-5-12(8-11)18-14(21)9-22-19-15(16)13-6-3-7-23-13/h2-8H,9H2,1H3,(H2,16,19)(H,17,20)(H,18,21). The zero-order chi connectivity index (χ0) is 16.7. The van der Waals surface area contributed by atoms with Gasteiger partial charge in [0.2, 0.25) is 5.91 Å². The highest BCUT2D eigenvalue weighted by molar-refractivity contribution is 7.12.